The molecule has 4 heterocycles. The first-order valence-corrected chi connectivity index (χ1v) is 9.62. The Kier molecular flexibility index (Phi) is 4.72. The second kappa shape index (κ2) is 7.14. The van der Waals surface area contributed by atoms with E-state index in [-0.39, 0.29) is 17.6 Å². The lowest BCUT2D eigenvalue weighted by molar-refractivity contribution is -0.138. The number of thiophene rings is 1. The van der Waals surface area contributed by atoms with Crippen LogP contribution < -0.4 is 4.74 Å². The Labute approximate surface area is 151 Å². The Hall–Kier alpha value is -1.92. The predicted molar refractivity (Wildman–Crippen MR) is 95.8 cm³/mol. The van der Waals surface area contributed by atoms with Crippen molar-refractivity contribution in [3.05, 3.63) is 46.8 Å². The molecule has 4 rings (SSSR count). The number of hydrogen-bond donors (Lipinski definition) is 0. The van der Waals surface area contributed by atoms with Crippen molar-refractivity contribution in [3.8, 4) is 5.88 Å². The van der Waals surface area contributed by atoms with Crippen LogP contribution in [0.25, 0.3) is 0 Å². The van der Waals surface area contributed by atoms with Crippen LogP contribution in [-0.4, -0.2) is 47.2 Å². The molecule has 0 radical (unpaired) electrons. The van der Waals surface area contributed by atoms with Gasteiger partial charge in [0.1, 0.15) is 6.10 Å². The largest absolute Gasteiger partial charge is 0.472 e. The van der Waals surface area contributed by atoms with Crippen LogP contribution >= 0.6 is 11.3 Å². The molecule has 0 aliphatic carbocycles. The summed E-state index contributed by atoms with van der Waals surface area (Å²) in [4.78, 5) is 19.9. The number of likely N-dealkylation sites (tertiary alicyclic amines) is 1. The quantitative estimate of drug-likeness (QED) is 0.843. The van der Waals surface area contributed by atoms with Crippen LogP contribution in [0.3, 0.4) is 0 Å². The lowest BCUT2D eigenvalue weighted by Crippen LogP contribution is -2.50. The maximum atomic E-state index is 12.6. The summed E-state index contributed by atoms with van der Waals surface area (Å²) in [6.45, 7) is 2.05. The number of piperidine rings is 1. The zero-order chi connectivity index (χ0) is 17.1. The van der Waals surface area contributed by atoms with Gasteiger partial charge in [0.2, 0.25) is 11.8 Å². The summed E-state index contributed by atoms with van der Waals surface area (Å²) in [5.41, 5.74) is -0.261. The van der Waals surface area contributed by atoms with E-state index in [1.807, 2.05) is 40.6 Å². The van der Waals surface area contributed by atoms with E-state index in [4.69, 9.17) is 9.47 Å². The first-order chi connectivity index (χ1) is 12.2. The van der Waals surface area contributed by atoms with Gasteiger partial charge in [-0.3, -0.25) is 4.79 Å². The van der Waals surface area contributed by atoms with E-state index in [9.17, 15) is 4.79 Å². The van der Waals surface area contributed by atoms with Crippen LogP contribution in [0.1, 0.15) is 24.1 Å². The number of hydrogen-bond acceptors (Lipinski definition) is 5. The summed E-state index contributed by atoms with van der Waals surface area (Å²) in [6.07, 6.45) is 4.99. The molecule has 6 heteroatoms. The number of rotatable bonds is 4. The fourth-order valence-electron chi connectivity index (χ4n) is 3.74. The number of carbonyl (C=O) groups is 1. The minimum absolute atomic E-state index is 0.00208. The highest BCUT2D eigenvalue weighted by atomic mass is 32.1. The summed E-state index contributed by atoms with van der Waals surface area (Å²) in [5, 5.41) is 2.01. The van der Waals surface area contributed by atoms with Gasteiger partial charge in [-0.15, -0.1) is 11.3 Å². The average molecular weight is 358 g/mol. The molecule has 0 bridgehead atoms. The van der Waals surface area contributed by atoms with E-state index in [0.717, 1.165) is 30.7 Å². The maximum Gasteiger partial charge on any atom is 0.227 e. The summed E-state index contributed by atoms with van der Waals surface area (Å²) < 4.78 is 12.1. The topological polar surface area (TPSA) is 51.7 Å². The highest BCUT2D eigenvalue weighted by Gasteiger charge is 2.45. The van der Waals surface area contributed by atoms with Crippen molar-refractivity contribution in [2.75, 3.05) is 19.7 Å². The molecule has 2 aromatic heterocycles. The molecule has 0 N–H and O–H groups in total. The molecule has 25 heavy (non-hydrogen) atoms. The van der Waals surface area contributed by atoms with Crippen molar-refractivity contribution in [3.63, 3.8) is 0 Å². The van der Waals surface area contributed by atoms with Crippen LogP contribution in [0, 0.1) is 0 Å². The molecular formula is C19H22N2O3S. The van der Waals surface area contributed by atoms with Gasteiger partial charge < -0.3 is 14.4 Å². The van der Waals surface area contributed by atoms with Crippen molar-refractivity contribution < 1.29 is 14.3 Å². The number of aromatic nitrogens is 1. The number of carbonyl (C=O) groups excluding carboxylic acids is 1. The Morgan fingerprint density at radius 3 is 3.16 bits per heavy atom. The molecule has 5 nitrogen and oxygen atoms in total. The molecule has 2 atom stereocenters. The molecule has 132 valence electrons. The lowest BCUT2D eigenvalue weighted by Gasteiger charge is -2.39. The fourth-order valence-corrected chi connectivity index (χ4v) is 4.43. The minimum atomic E-state index is -0.261. The Bertz CT molecular complexity index is 707. The molecule has 2 saturated heterocycles. The van der Waals surface area contributed by atoms with Gasteiger partial charge in [-0.25, -0.2) is 4.98 Å². The fraction of sp³-hybridized carbons (Fsp3) is 0.474. The normalized spacial score (nSPS) is 26.1. The molecule has 0 saturated carbocycles. The van der Waals surface area contributed by atoms with E-state index in [0.29, 0.717) is 25.5 Å². The monoisotopic (exact) mass is 358 g/mol. The predicted octanol–water partition coefficient (Wildman–Crippen LogP) is 2.91. The summed E-state index contributed by atoms with van der Waals surface area (Å²) in [6, 6.07) is 9.66. The smallest absolute Gasteiger partial charge is 0.227 e. The van der Waals surface area contributed by atoms with Gasteiger partial charge in [-0.05, 0) is 30.4 Å². The van der Waals surface area contributed by atoms with Gasteiger partial charge in [-0.2, -0.15) is 0 Å². The van der Waals surface area contributed by atoms with Crippen LogP contribution in [0.5, 0.6) is 5.88 Å². The third-order valence-electron chi connectivity index (χ3n) is 4.90. The lowest BCUT2D eigenvalue weighted by atomic mass is 9.89. The average Bonchev–Trinajstić information content (AvgIpc) is 3.26. The van der Waals surface area contributed by atoms with Crippen molar-refractivity contribution in [1.29, 1.82) is 0 Å². The maximum absolute atomic E-state index is 12.6. The first-order valence-electron chi connectivity index (χ1n) is 8.74. The highest BCUT2D eigenvalue weighted by molar-refractivity contribution is 7.10. The Morgan fingerprint density at radius 2 is 2.36 bits per heavy atom. The minimum Gasteiger partial charge on any atom is -0.472 e. The van der Waals surface area contributed by atoms with E-state index in [1.165, 1.54) is 0 Å². The second-order valence-corrected chi connectivity index (χ2v) is 7.81. The van der Waals surface area contributed by atoms with E-state index >= 15 is 0 Å². The number of pyridine rings is 1. The SMILES string of the molecule is O=C(Cc1cccs1)N1CCC[C@]2(C[C@@H](Oc3ccccn3)CO2)C1. The molecule has 2 aromatic rings. The second-order valence-electron chi connectivity index (χ2n) is 6.78. The summed E-state index contributed by atoms with van der Waals surface area (Å²) >= 11 is 1.63. The van der Waals surface area contributed by atoms with Crippen molar-refractivity contribution in [1.82, 2.24) is 9.88 Å². The van der Waals surface area contributed by atoms with Gasteiger partial charge in [0.25, 0.3) is 0 Å². The molecule has 0 aromatic carbocycles. The molecule has 0 unspecified atom stereocenters. The number of nitrogens with zero attached hydrogens (tertiary/aromatic N) is 2. The third kappa shape index (κ3) is 3.85. The zero-order valence-electron chi connectivity index (χ0n) is 14.1. The number of ether oxygens (including phenoxy) is 2. The van der Waals surface area contributed by atoms with Gasteiger partial charge >= 0.3 is 0 Å². The van der Waals surface area contributed by atoms with E-state index in [2.05, 4.69) is 4.98 Å². The molecule has 1 spiro atoms. The summed E-state index contributed by atoms with van der Waals surface area (Å²) in [7, 11) is 0. The summed E-state index contributed by atoms with van der Waals surface area (Å²) in [5.74, 6) is 0.828. The van der Waals surface area contributed by atoms with Gasteiger partial charge in [0, 0.05) is 36.7 Å². The van der Waals surface area contributed by atoms with Crippen molar-refractivity contribution in [2.24, 2.45) is 0 Å². The van der Waals surface area contributed by atoms with Crippen molar-refractivity contribution >= 4 is 17.2 Å². The van der Waals surface area contributed by atoms with E-state index < -0.39 is 0 Å². The highest BCUT2D eigenvalue weighted by Crippen LogP contribution is 2.36. The zero-order valence-corrected chi connectivity index (χ0v) is 14.9. The van der Waals surface area contributed by atoms with Crippen LogP contribution in [0.15, 0.2) is 41.9 Å². The van der Waals surface area contributed by atoms with Gasteiger partial charge in [0.05, 0.1) is 18.6 Å². The molecule has 2 aliphatic heterocycles. The van der Waals surface area contributed by atoms with Crippen LogP contribution in [-0.2, 0) is 16.0 Å². The van der Waals surface area contributed by atoms with E-state index in [1.54, 1.807) is 17.5 Å². The van der Waals surface area contributed by atoms with Crippen LogP contribution in [0.4, 0.5) is 0 Å². The Morgan fingerprint density at radius 1 is 1.40 bits per heavy atom. The number of amides is 1. The van der Waals surface area contributed by atoms with Crippen LogP contribution in [0.2, 0.25) is 0 Å². The molecular weight excluding hydrogens is 336 g/mol. The first kappa shape index (κ1) is 16.5. The Balaban J connectivity index is 1.36. The molecule has 2 aliphatic rings. The van der Waals surface area contributed by atoms with Gasteiger partial charge in [0.15, 0.2) is 0 Å². The standard InChI is InChI=1S/C19H22N2O3S/c22-18(11-16-5-3-10-25-16)21-9-4-7-19(14-21)12-15(13-23-19)24-17-6-1-2-8-20-17/h1-3,5-6,8,10,15H,4,7,9,11-14H2/t15-,19+/m1/s1. The molecule has 2 fully saturated rings. The third-order valence-corrected chi connectivity index (χ3v) is 5.77. The van der Waals surface area contributed by atoms with Gasteiger partial charge in [-0.1, -0.05) is 12.1 Å². The molecule has 1 amide bonds. The van der Waals surface area contributed by atoms with Crippen molar-refractivity contribution in [2.45, 2.75) is 37.4 Å².